The van der Waals surface area contributed by atoms with Crippen molar-refractivity contribution >= 4 is 5.91 Å². The minimum atomic E-state index is -0.0989. The molecule has 1 amide bonds. The van der Waals surface area contributed by atoms with Crippen LogP contribution in [0, 0.1) is 13.8 Å². The molecule has 0 aliphatic carbocycles. The summed E-state index contributed by atoms with van der Waals surface area (Å²) in [4.78, 5) is 16.6. The molecular formula is C15H20N4O. The van der Waals surface area contributed by atoms with E-state index in [0.717, 1.165) is 17.2 Å². The molecule has 0 unspecified atom stereocenters. The van der Waals surface area contributed by atoms with Crippen molar-refractivity contribution in [2.45, 2.75) is 26.8 Å². The van der Waals surface area contributed by atoms with Crippen molar-refractivity contribution in [3.63, 3.8) is 0 Å². The number of nitrogens with one attached hydrogen (secondary N) is 1. The molecule has 0 radical (unpaired) electrons. The molecule has 0 aliphatic heterocycles. The van der Waals surface area contributed by atoms with Gasteiger partial charge >= 0.3 is 0 Å². The van der Waals surface area contributed by atoms with Crippen LogP contribution in [-0.2, 0) is 0 Å². The van der Waals surface area contributed by atoms with Crippen molar-refractivity contribution in [3.8, 4) is 5.82 Å². The minimum absolute atomic E-state index is 0.0413. The number of amides is 1. The van der Waals surface area contributed by atoms with Crippen LogP contribution in [0.15, 0.2) is 30.5 Å². The first-order chi connectivity index (χ1) is 9.54. The topological polar surface area (TPSA) is 72.9 Å². The van der Waals surface area contributed by atoms with Crippen molar-refractivity contribution in [2.24, 2.45) is 5.73 Å². The van der Waals surface area contributed by atoms with Gasteiger partial charge in [-0.2, -0.15) is 0 Å². The molecule has 106 valence electrons. The fourth-order valence-electron chi connectivity index (χ4n) is 2.19. The van der Waals surface area contributed by atoms with Crippen molar-refractivity contribution < 1.29 is 4.79 Å². The van der Waals surface area contributed by atoms with E-state index < -0.39 is 0 Å². The predicted octanol–water partition coefficient (Wildman–Crippen LogP) is 1.57. The summed E-state index contributed by atoms with van der Waals surface area (Å²) in [7, 11) is 0. The van der Waals surface area contributed by atoms with E-state index >= 15 is 0 Å². The number of hydrogen-bond donors (Lipinski definition) is 2. The Hall–Kier alpha value is -2.14. The van der Waals surface area contributed by atoms with Gasteiger partial charge in [0.25, 0.3) is 5.91 Å². The van der Waals surface area contributed by atoms with Crippen LogP contribution in [0.2, 0.25) is 0 Å². The molecular weight excluding hydrogens is 252 g/mol. The summed E-state index contributed by atoms with van der Waals surface area (Å²) in [6, 6.07) is 7.55. The molecule has 0 fully saturated rings. The number of aromatic nitrogens is 2. The van der Waals surface area contributed by atoms with Crippen LogP contribution in [0.1, 0.15) is 28.7 Å². The molecule has 0 saturated heterocycles. The lowest BCUT2D eigenvalue weighted by atomic mass is 10.2. The zero-order chi connectivity index (χ0) is 14.7. The van der Waals surface area contributed by atoms with Crippen molar-refractivity contribution in [1.29, 1.82) is 0 Å². The van der Waals surface area contributed by atoms with Gasteiger partial charge in [0.1, 0.15) is 5.82 Å². The van der Waals surface area contributed by atoms with Gasteiger partial charge in [-0.05, 0) is 39.0 Å². The van der Waals surface area contributed by atoms with Crippen molar-refractivity contribution in [2.75, 3.05) is 6.54 Å². The van der Waals surface area contributed by atoms with Crippen LogP contribution >= 0.6 is 0 Å². The van der Waals surface area contributed by atoms with E-state index in [4.69, 9.17) is 5.73 Å². The van der Waals surface area contributed by atoms with Gasteiger partial charge in [0.05, 0.1) is 5.56 Å². The Balaban J connectivity index is 2.37. The lowest BCUT2D eigenvalue weighted by Crippen LogP contribution is -2.37. The van der Waals surface area contributed by atoms with E-state index in [1.165, 1.54) is 0 Å². The van der Waals surface area contributed by atoms with E-state index in [2.05, 4.69) is 10.3 Å². The molecule has 5 heteroatoms. The van der Waals surface area contributed by atoms with Crippen LogP contribution in [-0.4, -0.2) is 28.0 Å². The number of nitrogens with two attached hydrogens (primary N) is 1. The highest BCUT2D eigenvalue weighted by atomic mass is 16.1. The van der Waals surface area contributed by atoms with Gasteiger partial charge in [0, 0.05) is 30.2 Å². The Kier molecular flexibility index (Phi) is 4.20. The van der Waals surface area contributed by atoms with E-state index in [9.17, 15) is 4.79 Å². The summed E-state index contributed by atoms with van der Waals surface area (Å²) >= 11 is 0. The van der Waals surface area contributed by atoms with Crippen LogP contribution in [0.4, 0.5) is 0 Å². The summed E-state index contributed by atoms with van der Waals surface area (Å²) in [6.45, 7) is 6.19. The van der Waals surface area contributed by atoms with Crippen molar-refractivity contribution in [3.05, 3.63) is 47.4 Å². The molecule has 2 aromatic heterocycles. The largest absolute Gasteiger partial charge is 0.348 e. The summed E-state index contributed by atoms with van der Waals surface area (Å²) in [6.07, 6.45) is 1.74. The Bertz CT molecular complexity index is 604. The fraction of sp³-hybridized carbons (Fsp3) is 0.333. The molecule has 0 saturated carbocycles. The van der Waals surface area contributed by atoms with E-state index in [1.807, 2.05) is 49.6 Å². The number of rotatable bonds is 4. The maximum atomic E-state index is 12.2. The van der Waals surface area contributed by atoms with Gasteiger partial charge < -0.3 is 15.6 Å². The molecule has 0 aromatic carbocycles. The summed E-state index contributed by atoms with van der Waals surface area (Å²) in [5, 5.41) is 2.88. The third-order valence-corrected chi connectivity index (χ3v) is 3.29. The number of nitrogens with zero attached hydrogens (tertiary/aromatic N) is 2. The number of pyridine rings is 1. The maximum Gasteiger partial charge on any atom is 0.253 e. The first-order valence-corrected chi connectivity index (χ1v) is 6.66. The molecule has 2 heterocycles. The second kappa shape index (κ2) is 5.88. The molecule has 0 aliphatic rings. The van der Waals surface area contributed by atoms with Gasteiger partial charge in [-0.1, -0.05) is 6.07 Å². The molecule has 2 aromatic rings. The minimum Gasteiger partial charge on any atom is -0.348 e. The van der Waals surface area contributed by atoms with Gasteiger partial charge in [-0.25, -0.2) is 4.98 Å². The Morgan fingerprint density at radius 2 is 2.20 bits per heavy atom. The molecule has 2 rings (SSSR count). The second-order valence-corrected chi connectivity index (χ2v) is 4.92. The van der Waals surface area contributed by atoms with Gasteiger partial charge in [-0.15, -0.1) is 0 Å². The average Bonchev–Trinajstić information content (AvgIpc) is 2.75. The maximum absolute atomic E-state index is 12.2. The van der Waals surface area contributed by atoms with E-state index in [0.29, 0.717) is 12.1 Å². The zero-order valence-electron chi connectivity index (χ0n) is 12.1. The van der Waals surface area contributed by atoms with E-state index in [1.54, 1.807) is 6.20 Å². The van der Waals surface area contributed by atoms with E-state index in [-0.39, 0.29) is 11.9 Å². The van der Waals surface area contributed by atoms with Crippen LogP contribution in [0.3, 0.4) is 0 Å². The highest BCUT2D eigenvalue weighted by Gasteiger charge is 2.17. The lowest BCUT2D eigenvalue weighted by Gasteiger charge is -2.12. The first-order valence-electron chi connectivity index (χ1n) is 6.66. The standard InChI is InChI=1S/C15H20N4O/c1-10(9-16)18-15(20)13-8-11(2)19(12(13)3)14-6-4-5-7-17-14/h4-8,10H,9,16H2,1-3H3,(H,18,20)/t10-/m0/s1. The Morgan fingerprint density at radius 3 is 2.80 bits per heavy atom. The smallest absolute Gasteiger partial charge is 0.253 e. The number of carbonyl (C=O) groups excluding carboxylic acids is 1. The quantitative estimate of drug-likeness (QED) is 0.887. The normalized spacial score (nSPS) is 12.2. The molecule has 0 bridgehead atoms. The van der Waals surface area contributed by atoms with Crippen molar-refractivity contribution in [1.82, 2.24) is 14.9 Å². The van der Waals surface area contributed by atoms with Gasteiger partial charge in [0.2, 0.25) is 0 Å². The second-order valence-electron chi connectivity index (χ2n) is 4.92. The third-order valence-electron chi connectivity index (χ3n) is 3.29. The SMILES string of the molecule is Cc1cc(C(=O)N[C@@H](C)CN)c(C)n1-c1ccccn1. The van der Waals surface area contributed by atoms with Crippen LogP contribution in [0.25, 0.3) is 5.82 Å². The molecule has 3 N–H and O–H groups in total. The molecule has 1 atom stereocenters. The predicted molar refractivity (Wildman–Crippen MR) is 79.0 cm³/mol. The summed E-state index contributed by atoms with van der Waals surface area (Å²) in [5.41, 5.74) is 8.05. The number of hydrogen-bond acceptors (Lipinski definition) is 3. The van der Waals surface area contributed by atoms with Crippen LogP contribution in [0.5, 0.6) is 0 Å². The summed E-state index contributed by atoms with van der Waals surface area (Å²) < 4.78 is 1.97. The van der Waals surface area contributed by atoms with Gasteiger partial charge in [-0.3, -0.25) is 4.79 Å². The monoisotopic (exact) mass is 272 g/mol. The highest BCUT2D eigenvalue weighted by molar-refractivity contribution is 5.96. The van der Waals surface area contributed by atoms with Gasteiger partial charge in [0.15, 0.2) is 0 Å². The molecule has 5 nitrogen and oxygen atoms in total. The average molecular weight is 272 g/mol. The number of aryl methyl sites for hydroxylation is 1. The molecule has 0 spiro atoms. The Morgan fingerprint density at radius 1 is 1.45 bits per heavy atom. The first kappa shape index (κ1) is 14.3. The lowest BCUT2D eigenvalue weighted by molar-refractivity contribution is 0.0940. The fourth-order valence-corrected chi connectivity index (χ4v) is 2.19. The Labute approximate surface area is 118 Å². The third kappa shape index (κ3) is 2.72. The van der Waals surface area contributed by atoms with Crippen LogP contribution < -0.4 is 11.1 Å². The molecule has 20 heavy (non-hydrogen) atoms. The summed E-state index contributed by atoms with van der Waals surface area (Å²) in [5.74, 6) is 0.714. The zero-order valence-corrected chi connectivity index (χ0v) is 12.1. The number of carbonyl (C=O) groups is 1. The highest BCUT2D eigenvalue weighted by Crippen LogP contribution is 2.19.